The van der Waals surface area contributed by atoms with E-state index < -0.39 is 6.04 Å². The lowest BCUT2D eigenvalue weighted by atomic mass is 10.1. The molecule has 146 valence electrons. The molecular weight excluding hydrogens is 366 g/mol. The van der Waals surface area contributed by atoms with Gasteiger partial charge in [-0.25, -0.2) is 0 Å². The largest absolute Gasteiger partial charge is 0.350 e. The Morgan fingerprint density at radius 1 is 1.26 bits per heavy atom. The minimum atomic E-state index is -0.436. The summed E-state index contributed by atoms with van der Waals surface area (Å²) in [5.74, 6) is 0.0846. The number of piperidine rings is 1. The van der Waals surface area contributed by atoms with Crippen molar-refractivity contribution in [1.82, 2.24) is 20.4 Å². The van der Waals surface area contributed by atoms with Crippen molar-refractivity contribution in [3.8, 4) is 0 Å². The molecule has 1 aromatic carbocycles. The van der Waals surface area contributed by atoms with Crippen LogP contribution in [0.3, 0.4) is 0 Å². The average molecular weight is 392 g/mol. The van der Waals surface area contributed by atoms with Crippen molar-refractivity contribution in [2.75, 3.05) is 18.5 Å². The molecule has 0 radical (unpaired) electrons. The van der Waals surface area contributed by atoms with Gasteiger partial charge in [-0.2, -0.15) is 5.10 Å². The first kappa shape index (κ1) is 20.9. The highest BCUT2D eigenvalue weighted by molar-refractivity contribution is 5.94. The highest BCUT2D eigenvalue weighted by Gasteiger charge is 2.21. The van der Waals surface area contributed by atoms with Gasteiger partial charge < -0.3 is 15.5 Å². The van der Waals surface area contributed by atoms with Gasteiger partial charge in [-0.15, -0.1) is 12.4 Å². The fourth-order valence-electron chi connectivity index (χ4n) is 3.20. The van der Waals surface area contributed by atoms with E-state index in [1.54, 1.807) is 17.9 Å². The lowest BCUT2D eigenvalue weighted by Gasteiger charge is -2.26. The molecule has 0 bridgehead atoms. The molecule has 0 saturated carbocycles. The third-order valence-corrected chi connectivity index (χ3v) is 4.65. The zero-order valence-electron chi connectivity index (χ0n) is 15.6. The summed E-state index contributed by atoms with van der Waals surface area (Å²) in [7, 11) is 3.57. The Morgan fingerprint density at radius 3 is 2.59 bits per heavy atom. The molecule has 1 aliphatic rings. The van der Waals surface area contributed by atoms with E-state index in [9.17, 15) is 9.59 Å². The minimum absolute atomic E-state index is 0. The third-order valence-electron chi connectivity index (χ3n) is 4.65. The number of halogens is 1. The second-order valence-electron chi connectivity index (χ2n) is 6.56. The Bertz CT molecular complexity index is 775. The Hall–Kier alpha value is -2.38. The first-order chi connectivity index (χ1) is 12.6. The molecule has 27 heavy (non-hydrogen) atoms. The first-order valence-corrected chi connectivity index (χ1v) is 8.91. The van der Waals surface area contributed by atoms with Gasteiger partial charge in [0, 0.05) is 44.0 Å². The summed E-state index contributed by atoms with van der Waals surface area (Å²) in [6.45, 7) is 1.22. The van der Waals surface area contributed by atoms with Crippen LogP contribution in [0.1, 0.15) is 36.4 Å². The van der Waals surface area contributed by atoms with Gasteiger partial charge in [0.05, 0.1) is 6.20 Å². The summed E-state index contributed by atoms with van der Waals surface area (Å²) in [6.07, 6.45) is 6.15. The van der Waals surface area contributed by atoms with Crippen LogP contribution in [0, 0.1) is 0 Å². The quantitative estimate of drug-likeness (QED) is 0.788. The summed E-state index contributed by atoms with van der Waals surface area (Å²) in [5, 5.41) is 10.1. The number of aryl methyl sites for hydroxylation is 1. The molecular formula is C19H26ClN5O2. The lowest BCUT2D eigenvalue weighted by molar-refractivity contribution is -0.123. The summed E-state index contributed by atoms with van der Waals surface area (Å²) in [4.78, 5) is 26.3. The second-order valence-corrected chi connectivity index (χ2v) is 6.56. The molecule has 2 N–H and O–H groups in total. The first-order valence-electron chi connectivity index (χ1n) is 8.91. The molecule has 0 aliphatic carbocycles. The van der Waals surface area contributed by atoms with Gasteiger partial charge in [-0.1, -0.05) is 12.1 Å². The molecule has 1 aliphatic heterocycles. The van der Waals surface area contributed by atoms with Gasteiger partial charge in [0.2, 0.25) is 11.8 Å². The smallest absolute Gasteiger partial charge is 0.242 e. The van der Waals surface area contributed by atoms with Crippen LogP contribution in [0.4, 0.5) is 5.69 Å². The van der Waals surface area contributed by atoms with Gasteiger partial charge in [0.15, 0.2) is 0 Å². The molecule has 3 rings (SSSR count). The monoisotopic (exact) mass is 391 g/mol. The number of carbonyl (C=O) groups is 2. The van der Waals surface area contributed by atoms with Crippen LogP contribution in [-0.2, 0) is 23.2 Å². The van der Waals surface area contributed by atoms with Crippen molar-refractivity contribution in [3.63, 3.8) is 0 Å². The van der Waals surface area contributed by atoms with Crippen molar-refractivity contribution in [3.05, 3.63) is 47.8 Å². The highest BCUT2D eigenvalue weighted by Crippen LogP contribution is 2.21. The predicted octanol–water partition coefficient (Wildman–Crippen LogP) is 1.94. The number of anilines is 1. The number of amides is 2. The maximum Gasteiger partial charge on any atom is 0.242 e. The molecule has 8 heteroatoms. The standard InChI is InChI=1S/C19H25N5O2.ClH/c1-20-18(15-12-22-23(2)13-15)19(26)21-11-14-6-8-16(9-7-14)24-10-4-3-5-17(24)25;/h6-9,12-13,18,20H,3-5,10-11H2,1-2H3,(H,21,26);1H. The van der Waals surface area contributed by atoms with Crippen LogP contribution in [0.15, 0.2) is 36.7 Å². The van der Waals surface area contributed by atoms with Gasteiger partial charge in [0.1, 0.15) is 6.04 Å². The normalized spacial score (nSPS) is 15.2. The summed E-state index contributed by atoms with van der Waals surface area (Å²) in [5.41, 5.74) is 2.74. The molecule has 1 unspecified atom stereocenters. The van der Waals surface area contributed by atoms with Crippen molar-refractivity contribution in [1.29, 1.82) is 0 Å². The molecule has 2 aromatic rings. The molecule has 0 spiro atoms. The van der Waals surface area contributed by atoms with E-state index >= 15 is 0 Å². The molecule has 1 atom stereocenters. The van der Waals surface area contributed by atoms with Gasteiger partial charge in [0.25, 0.3) is 0 Å². The van der Waals surface area contributed by atoms with E-state index in [1.165, 1.54) is 0 Å². The van der Waals surface area contributed by atoms with E-state index in [2.05, 4.69) is 15.7 Å². The zero-order chi connectivity index (χ0) is 18.5. The summed E-state index contributed by atoms with van der Waals surface area (Å²) >= 11 is 0. The molecule has 1 saturated heterocycles. The maximum atomic E-state index is 12.5. The zero-order valence-corrected chi connectivity index (χ0v) is 16.5. The Balaban J connectivity index is 0.00000261. The lowest BCUT2D eigenvalue weighted by Crippen LogP contribution is -2.36. The van der Waals surface area contributed by atoms with Crippen molar-refractivity contribution in [2.24, 2.45) is 7.05 Å². The molecule has 2 heterocycles. The number of hydrogen-bond donors (Lipinski definition) is 2. The van der Waals surface area contributed by atoms with E-state index in [4.69, 9.17) is 0 Å². The van der Waals surface area contributed by atoms with Gasteiger partial charge in [-0.05, 0) is 37.6 Å². The van der Waals surface area contributed by atoms with E-state index in [1.807, 2.05) is 42.4 Å². The Kier molecular flexibility index (Phi) is 7.38. The summed E-state index contributed by atoms with van der Waals surface area (Å²) in [6, 6.07) is 7.36. The van der Waals surface area contributed by atoms with Crippen molar-refractivity contribution >= 4 is 29.9 Å². The molecule has 1 aromatic heterocycles. The number of rotatable bonds is 6. The number of benzene rings is 1. The summed E-state index contributed by atoms with van der Waals surface area (Å²) < 4.78 is 1.67. The van der Waals surface area contributed by atoms with Crippen LogP contribution >= 0.6 is 12.4 Å². The minimum Gasteiger partial charge on any atom is -0.350 e. The van der Waals surface area contributed by atoms with E-state index in [-0.39, 0.29) is 24.2 Å². The number of nitrogens with one attached hydrogen (secondary N) is 2. The second kappa shape index (κ2) is 9.53. The Morgan fingerprint density at radius 2 is 2.00 bits per heavy atom. The third kappa shape index (κ3) is 5.08. The van der Waals surface area contributed by atoms with Crippen LogP contribution < -0.4 is 15.5 Å². The van der Waals surface area contributed by atoms with Gasteiger partial charge in [-0.3, -0.25) is 14.3 Å². The van der Waals surface area contributed by atoms with Crippen LogP contribution in [-0.4, -0.2) is 35.2 Å². The number of carbonyl (C=O) groups excluding carboxylic acids is 2. The van der Waals surface area contributed by atoms with E-state index in [0.717, 1.165) is 36.2 Å². The van der Waals surface area contributed by atoms with Gasteiger partial charge >= 0.3 is 0 Å². The fraction of sp³-hybridized carbons (Fsp3) is 0.421. The number of hydrogen-bond acceptors (Lipinski definition) is 4. The molecule has 7 nitrogen and oxygen atoms in total. The van der Waals surface area contributed by atoms with Crippen molar-refractivity contribution < 1.29 is 9.59 Å². The van der Waals surface area contributed by atoms with E-state index in [0.29, 0.717) is 13.0 Å². The highest BCUT2D eigenvalue weighted by atomic mass is 35.5. The van der Waals surface area contributed by atoms with Crippen molar-refractivity contribution in [2.45, 2.75) is 31.8 Å². The van der Waals surface area contributed by atoms with Crippen LogP contribution in [0.5, 0.6) is 0 Å². The molecule has 1 fully saturated rings. The molecule has 2 amide bonds. The predicted molar refractivity (Wildman–Crippen MR) is 107 cm³/mol. The average Bonchev–Trinajstić information content (AvgIpc) is 3.07. The van der Waals surface area contributed by atoms with Crippen LogP contribution in [0.25, 0.3) is 0 Å². The number of nitrogens with zero attached hydrogens (tertiary/aromatic N) is 3. The topological polar surface area (TPSA) is 79.3 Å². The number of likely N-dealkylation sites (N-methyl/N-ethyl adjacent to an activating group) is 1. The SMILES string of the molecule is CNC(C(=O)NCc1ccc(N2CCCCC2=O)cc1)c1cnn(C)c1.Cl. The Labute approximate surface area is 165 Å². The fourth-order valence-corrected chi connectivity index (χ4v) is 3.20. The maximum absolute atomic E-state index is 12.5. The number of aromatic nitrogens is 2. The van der Waals surface area contributed by atoms with Crippen LogP contribution in [0.2, 0.25) is 0 Å².